The molecule has 5 nitrogen and oxygen atoms in total. The predicted molar refractivity (Wildman–Crippen MR) is 56.3 cm³/mol. The molecule has 2 aliphatic heterocycles. The molecule has 15 heavy (non-hydrogen) atoms. The minimum Gasteiger partial charge on any atom is -0.480 e. The maximum Gasteiger partial charge on any atom is 0.323 e. The molecule has 2 heterocycles. The molecule has 0 radical (unpaired) electrons. The molecule has 0 saturated carbocycles. The molecular formula is C8H7NO4S2. The zero-order valence-electron chi connectivity index (χ0n) is 7.56. The number of nitrogens with zero attached hydrogens (tertiary/aromatic N) is 1. The Kier molecular flexibility index (Phi) is 2.74. The highest BCUT2D eigenvalue weighted by atomic mass is 32.2. The first-order valence-corrected chi connectivity index (χ1v) is 6.16. The number of thioether (sulfide) groups is 2. The number of amides is 2. The van der Waals surface area contributed by atoms with E-state index >= 15 is 0 Å². The van der Waals surface area contributed by atoms with Gasteiger partial charge in [0.2, 0.25) is 0 Å². The Morgan fingerprint density at radius 1 is 1.20 bits per heavy atom. The van der Waals surface area contributed by atoms with E-state index in [4.69, 9.17) is 5.11 Å². The van der Waals surface area contributed by atoms with Gasteiger partial charge in [-0.05, 0) is 0 Å². The third-order valence-corrected chi connectivity index (χ3v) is 4.49. The summed E-state index contributed by atoms with van der Waals surface area (Å²) >= 11 is 2.66. The third-order valence-electron chi connectivity index (χ3n) is 1.95. The van der Waals surface area contributed by atoms with E-state index in [1.54, 1.807) is 0 Å². The van der Waals surface area contributed by atoms with E-state index in [1.165, 1.54) is 23.5 Å². The van der Waals surface area contributed by atoms with Crippen LogP contribution in [0.3, 0.4) is 0 Å². The summed E-state index contributed by atoms with van der Waals surface area (Å²) in [4.78, 5) is 35.4. The zero-order chi connectivity index (χ0) is 11.0. The molecule has 2 rings (SSSR count). The van der Waals surface area contributed by atoms with Crippen molar-refractivity contribution in [3.05, 3.63) is 9.81 Å². The van der Waals surface area contributed by atoms with Crippen molar-refractivity contribution >= 4 is 41.3 Å². The standard InChI is InChI=1S/C8H7NO4S2/c10-4(11)3-9-7(12)5-6(8(9)13)15-2-1-14-5/h1-3H2,(H,10,11). The first kappa shape index (κ1) is 10.6. The molecule has 2 amide bonds. The summed E-state index contributed by atoms with van der Waals surface area (Å²) in [6.45, 7) is -0.550. The van der Waals surface area contributed by atoms with Crippen LogP contribution < -0.4 is 0 Å². The van der Waals surface area contributed by atoms with E-state index < -0.39 is 24.3 Å². The van der Waals surface area contributed by atoms with Crippen LogP contribution in [0.4, 0.5) is 0 Å². The molecule has 0 aromatic carbocycles. The lowest BCUT2D eigenvalue weighted by Crippen LogP contribution is -2.35. The minimum absolute atomic E-state index is 0.414. The topological polar surface area (TPSA) is 74.7 Å². The molecule has 0 atom stereocenters. The van der Waals surface area contributed by atoms with Gasteiger partial charge >= 0.3 is 5.97 Å². The summed E-state index contributed by atoms with van der Waals surface area (Å²) in [7, 11) is 0. The Hall–Kier alpha value is -0.950. The second-order valence-electron chi connectivity index (χ2n) is 2.95. The van der Waals surface area contributed by atoms with Gasteiger partial charge in [0.25, 0.3) is 11.8 Å². The smallest absolute Gasteiger partial charge is 0.323 e. The molecule has 0 spiro atoms. The van der Waals surface area contributed by atoms with Gasteiger partial charge in [0.1, 0.15) is 6.54 Å². The van der Waals surface area contributed by atoms with Crippen molar-refractivity contribution in [3.63, 3.8) is 0 Å². The Balaban J connectivity index is 2.25. The Labute approximate surface area is 93.9 Å². The van der Waals surface area contributed by atoms with Gasteiger partial charge in [-0.1, -0.05) is 0 Å². The van der Waals surface area contributed by atoms with E-state index in [-0.39, 0.29) is 0 Å². The predicted octanol–water partition coefficient (Wildman–Crippen LogP) is 0.131. The molecule has 0 aliphatic carbocycles. The van der Waals surface area contributed by atoms with Crippen molar-refractivity contribution in [3.8, 4) is 0 Å². The van der Waals surface area contributed by atoms with Crippen LogP contribution in [-0.2, 0) is 14.4 Å². The normalized spacial score (nSPS) is 20.9. The number of imide groups is 1. The maximum absolute atomic E-state index is 11.6. The van der Waals surface area contributed by atoms with Crippen LogP contribution in [0.1, 0.15) is 0 Å². The van der Waals surface area contributed by atoms with Crippen molar-refractivity contribution in [1.82, 2.24) is 4.90 Å². The summed E-state index contributed by atoms with van der Waals surface area (Å²) in [5.74, 6) is -0.539. The van der Waals surface area contributed by atoms with E-state index in [9.17, 15) is 14.4 Å². The molecule has 2 aliphatic rings. The summed E-state index contributed by atoms with van der Waals surface area (Å²) in [6.07, 6.45) is 0. The van der Waals surface area contributed by atoms with E-state index in [0.717, 1.165) is 16.4 Å². The molecule has 1 N–H and O–H groups in total. The van der Waals surface area contributed by atoms with E-state index in [2.05, 4.69) is 0 Å². The van der Waals surface area contributed by atoms with E-state index in [0.29, 0.717) is 9.81 Å². The minimum atomic E-state index is -1.17. The average molecular weight is 245 g/mol. The molecule has 0 saturated heterocycles. The highest BCUT2D eigenvalue weighted by Gasteiger charge is 2.40. The fourth-order valence-electron chi connectivity index (χ4n) is 1.35. The molecule has 0 fully saturated rings. The second-order valence-corrected chi connectivity index (χ2v) is 5.16. The summed E-state index contributed by atoms with van der Waals surface area (Å²) in [5.41, 5.74) is 0. The van der Waals surface area contributed by atoms with E-state index in [1.807, 2.05) is 0 Å². The van der Waals surface area contributed by atoms with Crippen LogP contribution >= 0.6 is 23.5 Å². The first-order valence-electron chi connectivity index (χ1n) is 4.19. The lowest BCUT2D eigenvalue weighted by Gasteiger charge is -2.10. The SMILES string of the molecule is O=C(O)CN1C(=O)C2=C(SCCS2)C1=O. The van der Waals surface area contributed by atoms with Crippen LogP contribution in [0.2, 0.25) is 0 Å². The molecule has 0 unspecified atom stereocenters. The summed E-state index contributed by atoms with van der Waals surface area (Å²) < 4.78 is 0. The maximum atomic E-state index is 11.6. The Morgan fingerprint density at radius 3 is 2.07 bits per heavy atom. The molecule has 80 valence electrons. The van der Waals surface area contributed by atoms with Crippen LogP contribution in [0, 0.1) is 0 Å². The molecule has 0 bridgehead atoms. The zero-order valence-corrected chi connectivity index (χ0v) is 9.19. The number of hydrogen-bond donors (Lipinski definition) is 1. The fraction of sp³-hybridized carbons (Fsp3) is 0.375. The summed E-state index contributed by atoms with van der Waals surface area (Å²) in [6, 6.07) is 0. The van der Waals surface area contributed by atoms with Crippen molar-refractivity contribution in [2.45, 2.75) is 0 Å². The number of carboxylic acid groups (broad SMARTS) is 1. The van der Waals surface area contributed by atoms with Crippen LogP contribution in [0.25, 0.3) is 0 Å². The molecule has 0 aromatic rings. The number of hydrogen-bond acceptors (Lipinski definition) is 5. The monoisotopic (exact) mass is 245 g/mol. The van der Waals surface area contributed by atoms with Gasteiger partial charge in [-0.15, -0.1) is 23.5 Å². The third kappa shape index (κ3) is 1.76. The second kappa shape index (κ2) is 3.90. The highest BCUT2D eigenvalue weighted by molar-refractivity contribution is 8.11. The van der Waals surface area contributed by atoms with Gasteiger partial charge in [0.05, 0.1) is 9.81 Å². The van der Waals surface area contributed by atoms with Crippen LogP contribution in [-0.4, -0.2) is 45.8 Å². The van der Waals surface area contributed by atoms with Crippen molar-refractivity contribution in [2.24, 2.45) is 0 Å². The number of carbonyl (C=O) groups is 3. The van der Waals surface area contributed by atoms with Gasteiger partial charge in [-0.3, -0.25) is 19.3 Å². The number of carboxylic acids is 1. The van der Waals surface area contributed by atoms with Gasteiger partial charge in [0.15, 0.2) is 0 Å². The average Bonchev–Trinajstić information content (AvgIpc) is 2.44. The lowest BCUT2D eigenvalue weighted by molar-refractivity contribution is -0.147. The fourth-order valence-corrected chi connectivity index (χ4v) is 3.69. The number of carbonyl (C=O) groups excluding carboxylic acids is 2. The highest BCUT2D eigenvalue weighted by Crippen LogP contribution is 2.40. The van der Waals surface area contributed by atoms with Gasteiger partial charge in [-0.2, -0.15) is 0 Å². The molecule has 0 aromatic heterocycles. The van der Waals surface area contributed by atoms with Crippen molar-refractivity contribution in [2.75, 3.05) is 18.1 Å². The lowest BCUT2D eigenvalue weighted by atomic mass is 10.5. The van der Waals surface area contributed by atoms with Crippen molar-refractivity contribution < 1.29 is 19.5 Å². The number of aliphatic carboxylic acids is 1. The first-order chi connectivity index (χ1) is 7.11. The summed E-state index contributed by atoms with van der Waals surface area (Å²) in [5, 5.41) is 8.56. The van der Waals surface area contributed by atoms with Crippen LogP contribution in [0.5, 0.6) is 0 Å². The molecular weight excluding hydrogens is 238 g/mol. The van der Waals surface area contributed by atoms with Crippen molar-refractivity contribution in [1.29, 1.82) is 0 Å². The van der Waals surface area contributed by atoms with Gasteiger partial charge < -0.3 is 5.11 Å². The number of rotatable bonds is 2. The Morgan fingerprint density at radius 2 is 1.67 bits per heavy atom. The largest absolute Gasteiger partial charge is 0.480 e. The van der Waals surface area contributed by atoms with Crippen LogP contribution in [0.15, 0.2) is 9.81 Å². The molecule has 7 heteroatoms. The Bertz CT molecular complexity index is 362. The quantitative estimate of drug-likeness (QED) is 0.697. The van der Waals surface area contributed by atoms with Gasteiger partial charge in [0, 0.05) is 11.5 Å². The van der Waals surface area contributed by atoms with Gasteiger partial charge in [-0.25, -0.2) is 0 Å².